The van der Waals surface area contributed by atoms with Crippen LogP contribution in [0.5, 0.6) is 5.75 Å². The normalized spacial score (nSPS) is 19.4. The van der Waals surface area contributed by atoms with Gasteiger partial charge in [-0.2, -0.15) is 0 Å². The summed E-state index contributed by atoms with van der Waals surface area (Å²) in [7, 11) is 0. The van der Waals surface area contributed by atoms with E-state index in [2.05, 4.69) is 45.1 Å². The largest absolute Gasteiger partial charge is 0.475 e. The molecule has 0 aromatic heterocycles. The van der Waals surface area contributed by atoms with Crippen molar-refractivity contribution in [1.82, 2.24) is 15.5 Å². The Morgan fingerprint density at radius 3 is 2.78 bits per heavy atom. The third kappa shape index (κ3) is 4.23. The molecule has 0 radical (unpaired) electrons. The predicted octanol–water partition coefficient (Wildman–Crippen LogP) is 2.32. The molecule has 7 nitrogen and oxygen atoms in total. The van der Waals surface area contributed by atoms with Crippen LogP contribution < -0.4 is 20.7 Å². The first-order valence-corrected chi connectivity index (χ1v) is 11.6. The highest BCUT2D eigenvalue weighted by Crippen LogP contribution is 2.38. The summed E-state index contributed by atoms with van der Waals surface area (Å²) in [6, 6.07) is 13.9. The third-order valence-electron chi connectivity index (χ3n) is 6.77. The standard InChI is InChI=1S/C25H30N4O3/c30-23(27-11-3-14-29-15-8-18-4-1-2-5-20(18)17-29)19-6-7-22-21(16-19)28-24(31)25(32-22)9-12-26-13-10-25/h1-2,4-7,16,26H,3,8-15,17H2,(H,27,30)(H,28,31). The van der Waals surface area contributed by atoms with Crippen LogP contribution in [0.15, 0.2) is 42.5 Å². The Hall–Kier alpha value is -2.90. The lowest BCUT2D eigenvalue weighted by Gasteiger charge is -2.40. The van der Waals surface area contributed by atoms with Crippen molar-refractivity contribution in [3.8, 4) is 5.75 Å². The SMILES string of the molecule is O=C(NCCCN1CCc2ccccc2C1)c1ccc2c(c1)NC(=O)C1(CCNCC1)O2. The fourth-order valence-corrected chi connectivity index (χ4v) is 4.86. The fraction of sp³-hybridized carbons (Fsp3) is 0.440. The van der Waals surface area contributed by atoms with Gasteiger partial charge < -0.3 is 20.7 Å². The Morgan fingerprint density at radius 2 is 1.94 bits per heavy atom. The van der Waals surface area contributed by atoms with Crippen molar-refractivity contribution in [3.63, 3.8) is 0 Å². The van der Waals surface area contributed by atoms with Crippen LogP contribution in [-0.4, -0.2) is 55.0 Å². The summed E-state index contributed by atoms with van der Waals surface area (Å²) < 4.78 is 6.11. The third-order valence-corrected chi connectivity index (χ3v) is 6.77. The number of amides is 2. The van der Waals surface area contributed by atoms with Gasteiger partial charge >= 0.3 is 0 Å². The average Bonchev–Trinajstić information content (AvgIpc) is 2.83. The molecule has 0 aliphatic carbocycles. The minimum atomic E-state index is -0.795. The second kappa shape index (κ2) is 8.92. The first-order chi connectivity index (χ1) is 15.6. The van der Waals surface area contributed by atoms with E-state index in [1.807, 2.05) is 0 Å². The molecule has 3 N–H and O–H groups in total. The van der Waals surface area contributed by atoms with Crippen LogP contribution in [0.1, 0.15) is 40.7 Å². The molecule has 3 heterocycles. The van der Waals surface area contributed by atoms with Gasteiger partial charge in [-0.1, -0.05) is 24.3 Å². The summed E-state index contributed by atoms with van der Waals surface area (Å²) in [5.74, 6) is 0.383. The van der Waals surface area contributed by atoms with E-state index in [4.69, 9.17) is 4.74 Å². The van der Waals surface area contributed by atoms with Crippen LogP contribution >= 0.6 is 0 Å². The molecule has 1 spiro atoms. The number of benzene rings is 2. The van der Waals surface area contributed by atoms with Crippen LogP contribution in [-0.2, 0) is 17.8 Å². The molecule has 168 valence electrons. The second-order valence-electron chi connectivity index (χ2n) is 8.92. The summed E-state index contributed by atoms with van der Waals surface area (Å²) in [6.45, 7) is 5.13. The molecular weight excluding hydrogens is 404 g/mol. The van der Waals surface area contributed by atoms with Gasteiger partial charge in [-0.05, 0) is 55.3 Å². The monoisotopic (exact) mass is 434 g/mol. The van der Waals surface area contributed by atoms with E-state index in [-0.39, 0.29) is 11.8 Å². The van der Waals surface area contributed by atoms with E-state index in [0.717, 1.165) is 45.6 Å². The molecule has 3 aliphatic heterocycles. The number of fused-ring (bicyclic) bond motifs is 2. The molecular formula is C25H30N4O3. The van der Waals surface area contributed by atoms with Crippen LogP contribution in [0, 0.1) is 0 Å². The first-order valence-electron chi connectivity index (χ1n) is 11.6. The van der Waals surface area contributed by atoms with Gasteiger partial charge in [0.2, 0.25) is 0 Å². The summed E-state index contributed by atoms with van der Waals surface area (Å²) >= 11 is 0. The van der Waals surface area contributed by atoms with Gasteiger partial charge in [0.05, 0.1) is 5.69 Å². The van der Waals surface area contributed by atoms with Gasteiger partial charge in [-0.3, -0.25) is 14.5 Å². The van der Waals surface area contributed by atoms with E-state index in [1.165, 1.54) is 11.1 Å². The zero-order valence-corrected chi connectivity index (χ0v) is 18.3. The maximum atomic E-state index is 12.7. The number of hydrogen-bond acceptors (Lipinski definition) is 5. The van der Waals surface area contributed by atoms with Crippen LogP contribution in [0.3, 0.4) is 0 Å². The highest BCUT2D eigenvalue weighted by molar-refractivity contribution is 6.03. The average molecular weight is 435 g/mol. The van der Waals surface area contributed by atoms with Crippen molar-refractivity contribution >= 4 is 17.5 Å². The van der Waals surface area contributed by atoms with Crippen molar-refractivity contribution in [2.75, 3.05) is 38.0 Å². The molecule has 7 heteroatoms. The quantitative estimate of drug-likeness (QED) is 0.629. The Balaban J connectivity index is 1.13. The van der Waals surface area contributed by atoms with Crippen LogP contribution in [0.4, 0.5) is 5.69 Å². The van der Waals surface area contributed by atoms with Crippen molar-refractivity contribution in [2.45, 2.75) is 37.8 Å². The van der Waals surface area contributed by atoms with Crippen molar-refractivity contribution < 1.29 is 14.3 Å². The van der Waals surface area contributed by atoms with Crippen molar-refractivity contribution in [2.24, 2.45) is 0 Å². The highest BCUT2D eigenvalue weighted by Gasteiger charge is 2.45. The number of carbonyl (C=O) groups is 2. The molecule has 0 bridgehead atoms. The molecule has 3 aliphatic rings. The van der Waals surface area contributed by atoms with E-state index in [9.17, 15) is 9.59 Å². The predicted molar refractivity (Wildman–Crippen MR) is 123 cm³/mol. The first kappa shape index (κ1) is 21.0. The summed E-state index contributed by atoms with van der Waals surface area (Å²) in [6.07, 6.45) is 3.27. The van der Waals surface area contributed by atoms with Gasteiger partial charge in [-0.25, -0.2) is 0 Å². The Labute approximate surface area is 188 Å². The topological polar surface area (TPSA) is 82.7 Å². The van der Waals surface area contributed by atoms with Crippen molar-refractivity contribution in [3.05, 3.63) is 59.2 Å². The van der Waals surface area contributed by atoms with E-state index >= 15 is 0 Å². The summed E-state index contributed by atoms with van der Waals surface area (Å²) in [5, 5.41) is 9.22. The molecule has 1 fully saturated rings. The molecule has 0 saturated carbocycles. The van der Waals surface area contributed by atoms with Gasteiger partial charge in [0.15, 0.2) is 5.60 Å². The number of hydrogen-bond donors (Lipinski definition) is 3. The van der Waals surface area contributed by atoms with Gasteiger partial charge in [0, 0.05) is 44.6 Å². The molecule has 2 amide bonds. The maximum absolute atomic E-state index is 12.7. The van der Waals surface area contributed by atoms with Gasteiger partial charge in [-0.15, -0.1) is 0 Å². The number of nitrogens with zero attached hydrogens (tertiary/aromatic N) is 1. The van der Waals surface area contributed by atoms with Crippen molar-refractivity contribution in [1.29, 1.82) is 0 Å². The number of ether oxygens (including phenoxy) is 1. The molecule has 5 rings (SSSR count). The van der Waals surface area contributed by atoms with Crippen LogP contribution in [0.2, 0.25) is 0 Å². The van der Waals surface area contributed by atoms with E-state index in [0.29, 0.717) is 36.4 Å². The smallest absolute Gasteiger partial charge is 0.268 e. The second-order valence-corrected chi connectivity index (χ2v) is 8.92. The summed E-state index contributed by atoms with van der Waals surface area (Å²) in [4.78, 5) is 27.8. The fourth-order valence-electron chi connectivity index (χ4n) is 4.86. The Kier molecular flexibility index (Phi) is 5.85. The lowest BCUT2D eigenvalue weighted by molar-refractivity contribution is -0.134. The Morgan fingerprint density at radius 1 is 1.12 bits per heavy atom. The molecule has 0 atom stereocenters. The minimum Gasteiger partial charge on any atom is -0.475 e. The molecule has 1 saturated heterocycles. The highest BCUT2D eigenvalue weighted by atomic mass is 16.5. The maximum Gasteiger partial charge on any atom is 0.268 e. The zero-order valence-electron chi connectivity index (χ0n) is 18.3. The number of piperidine rings is 1. The molecule has 0 unspecified atom stereocenters. The zero-order chi connectivity index (χ0) is 22.0. The molecule has 2 aromatic rings. The number of rotatable bonds is 5. The Bertz CT molecular complexity index is 1020. The number of nitrogens with one attached hydrogen (secondary N) is 3. The lowest BCUT2D eigenvalue weighted by atomic mass is 9.89. The van der Waals surface area contributed by atoms with Gasteiger partial charge in [0.25, 0.3) is 11.8 Å². The lowest BCUT2D eigenvalue weighted by Crippen LogP contribution is -2.56. The number of anilines is 1. The molecule has 2 aromatic carbocycles. The number of carbonyl (C=O) groups excluding carboxylic acids is 2. The van der Waals surface area contributed by atoms with E-state index in [1.54, 1.807) is 18.2 Å². The van der Waals surface area contributed by atoms with E-state index < -0.39 is 5.60 Å². The minimum absolute atomic E-state index is 0.118. The van der Waals surface area contributed by atoms with Crippen LogP contribution in [0.25, 0.3) is 0 Å². The summed E-state index contributed by atoms with van der Waals surface area (Å²) in [5.41, 5.74) is 3.16. The van der Waals surface area contributed by atoms with Gasteiger partial charge in [0.1, 0.15) is 5.75 Å². The molecule has 32 heavy (non-hydrogen) atoms.